The Labute approximate surface area is 96.1 Å². The summed E-state index contributed by atoms with van der Waals surface area (Å²) in [7, 11) is 0. The SMILES string of the molecule is CCC(CCOc1cccc(C)c1)C(=O)O. The molecule has 0 aliphatic heterocycles. The van der Waals surface area contributed by atoms with Crippen LogP contribution in [0.3, 0.4) is 0 Å². The Morgan fingerprint density at radius 3 is 2.81 bits per heavy atom. The summed E-state index contributed by atoms with van der Waals surface area (Å²) in [4.78, 5) is 10.8. The fraction of sp³-hybridized carbons (Fsp3) is 0.462. The van der Waals surface area contributed by atoms with E-state index < -0.39 is 5.97 Å². The summed E-state index contributed by atoms with van der Waals surface area (Å²) in [6.07, 6.45) is 1.20. The molecular formula is C13H18O3. The minimum Gasteiger partial charge on any atom is -0.494 e. The lowest BCUT2D eigenvalue weighted by molar-refractivity contribution is -0.142. The molecule has 0 saturated carbocycles. The molecule has 1 N–H and O–H groups in total. The highest BCUT2D eigenvalue weighted by Gasteiger charge is 2.14. The van der Waals surface area contributed by atoms with E-state index in [9.17, 15) is 4.79 Å². The third-order valence-electron chi connectivity index (χ3n) is 2.57. The Morgan fingerprint density at radius 2 is 2.25 bits per heavy atom. The van der Waals surface area contributed by atoms with E-state index in [0.717, 1.165) is 11.3 Å². The number of hydrogen-bond acceptors (Lipinski definition) is 2. The maximum absolute atomic E-state index is 10.8. The van der Waals surface area contributed by atoms with Gasteiger partial charge in [0.15, 0.2) is 0 Å². The van der Waals surface area contributed by atoms with Gasteiger partial charge in [0, 0.05) is 0 Å². The Balaban J connectivity index is 2.38. The van der Waals surface area contributed by atoms with E-state index in [1.165, 1.54) is 0 Å². The third kappa shape index (κ3) is 3.93. The van der Waals surface area contributed by atoms with E-state index in [-0.39, 0.29) is 5.92 Å². The number of aryl methyl sites for hydroxylation is 1. The van der Waals surface area contributed by atoms with Crippen LogP contribution in [0.2, 0.25) is 0 Å². The molecule has 1 unspecified atom stereocenters. The molecule has 0 aromatic heterocycles. The van der Waals surface area contributed by atoms with Crippen LogP contribution >= 0.6 is 0 Å². The molecule has 0 bridgehead atoms. The van der Waals surface area contributed by atoms with Gasteiger partial charge in [-0.25, -0.2) is 0 Å². The van der Waals surface area contributed by atoms with Gasteiger partial charge in [-0.1, -0.05) is 19.1 Å². The highest BCUT2D eigenvalue weighted by atomic mass is 16.5. The molecule has 0 spiro atoms. The molecule has 0 saturated heterocycles. The summed E-state index contributed by atoms with van der Waals surface area (Å²) >= 11 is 0. The summed E-state index contributed by atoms with van der Waals surface area (Å²) < 4.78 is 5.51. The topological polar surface area (TPSA) is 46.5 Å². The van der Waals surface area contributed by atoms with Gasteiger partial charge in [0.1, 0.15) is 5.75 Å². The number of ether oxygens (including phenoxy) is 1. The number of benzene rings is 1. The second kappa shape index (κ2) is 6.16. The van der Waals surface area contributed by atoms with Crippen LogP contribution < -0.4 is 4.74 Å². The van der Waals surface area contributed by atoms with Gasteiger partial charge in [-0.05, 0) is 37.5 Å². The molecular weight excluding hydrogens is 204 g/mol. The van der Waals surface area contributed by atoms with Gasteiger partial charge in [-0.15, -0.1) is 0 Å². The maximum Gasteiger partial charge on any atom is 0.306 e. The van der Waals surface area contributed by atoms with Crippen molar-refractivity contribution < 1.29 is 14.6 Å². The molecule has 0 radical (unpaired) electrons. The van der Waals surface area contributed by atoms with Gasteiger partial charge < -0.3 is 9.84 Å². The van der Waals surface area contributed by atoms with Gasteiger partial charge in [0.2, 0.25) is 0 Å². The Kier molecular flexibility index (Phi) is 4.83. The highest BCUT2D eigenvalue weighted by Crippen LogP contribution is 2.14. The standard InChI is InChI=1S/C13H18O3/c1-3-11(13(14)15)7-8-16-12-6-4-5-10(2)9-12/h4-6,9,11H,3,7-8H2,1-2H3,(H,14,15). The van der Waals surface area contributed by atoms with Crippen LogP contribution in [0.15, 0.2) is 24.3 Å². The van der Waals surface area contributed by atoms with Crippen molar-refractivity contribution >= 4 is 5.97 Å². The second-order valence-electron chi connectivity index (χ2n) is 3.90. The molecule has 16 heavy (non-hydrogen) atoms. The summed E-state index contributed by atoms with van der Waals surface area (Å²) in [6.45, 7) is 4.33. The van der Waals surface area contributed by atoms with E-state index in [0.29, 0.717) is 19.4 Å². The quantitative estimate of drug-likeness (QED) is 0.805. The molecule has 1 aromatic rings. The zero-order valence-corrected chi connectivity index (χ0v) is 9.77. The first-order chi connectivity index (χ1) is 7.63. The predicted molar refractivity (Wildman–Crippen MR) is 62.7 cm³/mol. The van der Waals surface area contributed by atoms with E-state index in [1.807, 2.05) is 38.1 Å². The minimum absolute atomic E-state index is 0.301. The van der Waals surface area contributed by atoms with Crippen LogP contribution in [-0.2, 0) is 4.79 Å². The number of aliphatic carboxylic acids is 1. The normalized spacial score (nSPS) is 12.1. The smallest absolute Gasteiger partial charge is 0.306 e. The lowest BCUT2D eigenvalue weighted by Gasteiger charge is -2.11. The lowest BCUT2D eigenvalue weighted by Crippen LogP contribution is -2.15. The number of carboxylic acids is 1. The van der Waals surface area contributed by atoms with Crippen molar-refractivity contribution in [2.45, 2.75) is 26.7 Å². The molecule has 1 rings (SSSR count). The van der Waals surface area contributed by atoms with E-state index >= 15 is 0 Å². The number of carbonyl (C=O) groups is 1. The fourth-order valence-corrected chi connectivity index (χ4v) is 1.53. The molecule has 0 aliphatic rings. The van der Waals surface area contributed by atoms with E-state index in [4.69, 9.17) is 9.84 Å². The first-order valence-electron chi connectivity index (χ1n) is 5.55. The molecule has 0 fully saturated rings. The zero-order valence-electron chi connectivity index (χ0n) is 9.77. The number of hydrogen-bond donors (Lipinski definition) is 1. The fourth-order valence-electron chi connectivity index (χ4n) is 1.53. The summed E-state index contributed by atoms with van der Waals surface area (Å²) in [5.41, 5.74) is 1.14. The Morgan fingerprint density at radius 1 is 1.50 bits per heavy atom. The van der Waals surface area contributed by atoms with Crippen molar-refractivity contribution in [2.75, 3.05) is 6.61 Å². The first kappa shape index (κ1) is 12.6. The molecule has 1 atom stereocenters. The third-order valence-corrected chi connectivity index (χ3v) is 2.57. The van der Waals surface area contributed by atoms with Crippen LogP contribution in [0.5, 0.6) is 5.75 Å². The maximum atomic E-state index is 10.8. The van der Waals surface area contributed by atoms with Crippen LogP contribution in [0.4, 0.5) is 0 Å². The average Bonchev–Trinajstić information content (AvgIpc) is 2.24. The Hall–Kier alpha value is -1.51. The van der Waals surface area contributed by atoms with E-state index in [1.54, 1.807) is 0 Å². The van der Waals surface area contributed by atoms with Gasteiger partial charge in [-0.2, -0.15) is 0 Å². The molecule has 0 aliphatic carbocycles. The van der Waals surface area contributed by atoms with Crippen molar-refractivity contribution in [3.63, 3.8) is 0 Å². The second-order valence-corrected chi connectivity index (χ2v) is 3.90. The van der Waals surface area contributed by atoms with Crippen LogP contribution in [0, 0.1) is 12.8 Å². The summed E-state index contributed by atoms with van der Waals surface area (Å²) in [5.74, 6) is -0.236. The van der Waals surface area contributed by atoms with Crippen LogP contribution in [0.1, 0.15) is 25.3 Å². The van der Waals surface area contributed by atoms with Gasteiger partial charge >= 0.3 is 5.97 Å². The molecule has 3 heteroatoms. The van der Waals surface area contributed by atoms with Crippen LogP contribution in [0.25, 0.3) is 0 Å². The molecule has 0 amide bonds. The van der Waals surface area contributed by atoms with Crippen molar-refractivity contribution in [1.29, 1.82) is 0 Å². The van der Waals surface area contributed by atoms with Crippen LogP contribution in [-0.4, -0.2) is 17.7 Å². The van der Waals surface area contributed by atoms with Crippen molar-refractivity contribution in [3.05, 3.63) is 29.8 Å². The average molecular weight is 222 g/mol. The van der Waals surface area contributed by atoms with Gasteiger partial charge in [-0.3, -0.25) is 4.79 Å². The van der Waals surface area contributed by atoms with Crippen molar-refractivity contribution in [3.8, 4) is 5.75 Å². The minimum atomic E-state index is -0.740. The lowest BCUT2D eigenvalue weighted by atomic mass is 10.0. The monoisotopic (exact) mass is 222 g/mol. The largest absolute Gasteiger partial charge is 0.494 e. The number of rotatable bonds is 6. The molecule has 0 heterocycles. The van der Waals surface area contributed by atoms with Crippen molar-refractivity contribution in [2.24, 2.45) is 5.92 Å². The Bertz CT molecular complexity index is 347. The molecule has 1 aromatic carbocycles. The van der Waals surface area contributed by atoms with Gasteiger partial charge in [0.05, 0.1) is 12.5 Å². The summed E-state index contributed by atoms with van der Waals surface area (Å²) in [5, 5.41) is 8.86. The van der Waals surface area contributed by atoms with Crippen molar-refractivity contribution in [1.82, 2.24) is 0 Å². The predicted octanol–water partition coefficient (Wildman–Crippen LogP) is 2.87. The first-order valence-corrected chi connectivity index (χ1v) is 5.55. The van der Waals surface area contributed by atoms with E-state index in [2.05, 4.69) is 0 Å². The zero-order chi connectivity index (χ0) is 12.0. The van der Waals surface area contributed by atoms with Gasteiger partial charge in [0.25, 0.3) is 0 Å². The molecule has 3 nitrogen and oxygen atoms in total. The summed E-state index contributed by atoms with van der Waals surface area (Å²) in [6, 6.07) is 7.76. The highest BCUT2D eigenvalue weighted by molar-refractivity contribution is 5.69. The number of carboxylic acid groups (broad SMARTS) is 1. The molecule has 88 valence electrons.